The summed E-state index contributed by atoms with van der Waals surface area (Å²) in [6.45, 7) is 8.78. The van der Waals surface area contributed by atoms with E-state index in [0.29, 0.717) is 13.1 Å². The summed E-state index contributed by atoms with van der Waals surface area (Å²) in [5.41, 5.74) is 7.37. The SMILES string of the molecule is Cc1ccc(C2(CN)CCN2C(=O)OC(C)(C)C)cc1. The van der Waals surface area contributed by atoms with Crippen molar-refractivity contribution in [1.82, 2.24) is 4.90 Å². The van der Waals surface area contributed by atoms with Gasteiger partial charge in [0.05, 0.1) is 5.54 Å². The standard InChI is InChI=1S/C16H24N2O2/c1-12-5-7-13(8-6-12)16(11-17)9-10-18(16)14(19)20-15(2,3)4/h5-8H,9-11,17H2,1-4H3. The quantitative estimate of drug-likeness (QED) is 0.903. The van der Waals surface area contributed by atoms with Crippen LogP contribution in [0.15, 0.2) is 24.3 Å². The minimum Gasteiger partial charge on any atom is -0.444 e. The maximum Gasteiger partial charge on any atom is 0.411 e. The molecule has 4 nitrogen and oxygen atoms in total. The monoisotopic (exact) mass is 276 g/mol. The number of likely N-dealkylation sites (tertiary alicyclic amines) is 1. The van der Waals surface area contributed by atoms with Gasteiger partial charge in [-0.15, -0.1) is 0 Å². The first kappa shape index (κ1) is 14.9. The highest BCUT2D eigenvalue weighted by Gasteiger charge is 2.49. The van der Waals surface area contributed by atoms with Crippen molar-refractivity contribution in [2.24, 2.45) is 5.73 Å². The van der Waals surface area contributed by atoms with Crippen molar-refractivity contribution in [2.45, 2.75) is 45.3 Å². The Balaban J connectivity index is 2.23. The van der Waals surface area contributed by atoms with Crippen LogP contribution >= 0.6 is 0 Å². The highest BCUT2D eigenvalue weighted by atomic mass is 16.6. The van der Waals surface area contributed by atoms with E-state index in [1.807, 2.05) is 27.7 Å². The Morgan fingerprint density at radius 1 is 1.35 bits per heavy atom. The van der Waals surface area contributed by atoms with Crippen molar-refractivity contribution < 1.29 is 9.53 Å². The van der Waals surface area contributed by atoms with Crippen LogP contribution in [0.25, 0.3) is 0 Å². The Bertz CT molecular complexity index is 486. The van der Waals surface area contributed by atoms with Crippen LogP contribution in [0.1, 0.15) is 38.3 Å². The number of aryl methyl sites for hydroxylation is 1. The van der Waals surface area contributed by atoms with Crippen LogP contribution in [0.3, 0.4) is 0 Å². The molecule has 0 aliphatic carbocycles. The highest BCUT2D eigenvalue weighted by Crippen LogP contribution is 2.40. The molecule has 1 aliphatic heterocycles. The molecule has 1 aliphatic rings. The fourth-order valence-corrected chi connectivity index (χ4v) is 2.57. The van der Waals surface area contributed by atoms with Gasteiger partial charge in [-0.25, -0.2) is 4.79 Å². The van der Waals surface area contributed by atoms with Crippen molar-refractivity contribution in [3.8, 4) is 0 Å². The van der Waals surface area contributed by atoms with Crippen molar-refractivity contribution in [2.75, 3.05) is 13.1 Å². The first-order chi connectivity index (χ1) is 9.28. The molecule has 1 fully saturated rings. The van der Waals surface area contributed by atoms with Crippen LogP contribution in [0.2, 0.25) is 0 Å². The summed E-state index contributed by atoms with van der Waals surface area (Å²) in [5, 5.41) is 0. The van der Waals surface area contributed by atoms with Crippen LogP contribution in [-0.4, -0.2) is 29.7 Å². The van der Waals surface area contributed by atoms with E-state index in [9.17, 15) is 4.79 Å². The van der Waals surface area contributed by atoms with Gasteiger partial charge in [0, 0.05) is 13.1 Å². The topological polar surface area (TPSA) is 55.6 Å². The summed E-state index contributed by atoms with van der Waals surface area (Å²) < 4.78 is 5.48. The molecule has 4 heteroatoms. The molecule has 2 N–H and O–H groups in total. The molecule has 1 saturated heterocycles. The first-order valence-electron chi connectivity index (χ1n) is 7.06. The Kier molecular flexibility index (Phi) is 3.78. The van der Waals surface area contributed by atoms with Crippen LogP contribution in [-0.2, 0) is 10.3 Å². The van der Waals surface area contributed by atoms with E-state index in [2.05, 4.69) is 24.3 Å². The van der Waals surface area contributed by atoms with Crippen molar-refractivity contribution in [3.05, 3.63) is 35.4 Å². The van der Waals surface area contributed by atoms with Gasteiger partial charge in [0.25, 0.3) is 0 Å². The molecule has 0 radical (unpaired) electrons. The molecular formula is C16H24N2O2. The number of hydrogen-bond donors (Lipinski definition) is 1. The summed E-state index contributed by atoms with van der Waals surface area (Å²) in [4.78, 5) is 14.1. The van der Waals surface area contributed by atoms with Gasteiger partial charge in [0.2, 0.25) is 0 Å². The normalized spacial score (nSPS) is 22.4. The van der Waals surface area contributed by atoms with Crippen LogP contribution in [0.4, 0.5) is 4.79 Å². The van der Waals surface area contributed by atoms with Crippen molar-refractivity contribution >= 4 is 6.09 Å². The summed E-state index contributed by atoms with van der Waals surface area (Å²) in [7, 11) is 0. The number of rotatable bonds is 2. The van der Waals surface area contributed by atoms with Gasteiger partial charge in [0.1, 0.15) is 5.60 Å². The summed E-state index contributed by atoms with van der Waals surface area (Å²) in [6, 6.07) is 8.22. The van der Waals surface area contributed by atoms with Gasteiger partial charge in [-0.1, -0.05) is 29.8 Å². The molecule has 0 saturated carbocycles. The van der Waals surface area contributed by atoms with E-state index in [-0.39, 0.29) is 6.09 Å². The zero-order valence-electron chi connectivity index (χ0n) is 12.8. The maximum atomic E-state index is 12.3. The van der Waals surface area contributed by atoms with Gasteiger partial charge >= 0.3 is 6.09 Å². The number of nitrogens with two attached hydrogens (primary N) is 1. The summed E-state index contributed by atoms with van der Waals surface area (Å²) >= 11 is 0. The lowest BCUT2D eigenvalue weighted by molar-refractivity contribution is -0.0440. The fourth-order valence-electron chi connectivity index (χ4n) is 2.57. The number of nitrogens with zero attached hydrogens (tertiary/aromatic N) is 1. The van der Waals surface area contributed by atoms with E-state index in [4.69, 9.17) is 10.5 Å². The number of carbonyl (C=O) groups is 1. The van der Waals surface area contributed by atoms with Gasteiger partial charge in [-0.2, -0.15) is 0 Å². The molecule has 110 valence electrons. The molecule has 1 amide bonds. The van der Waals surface area contributed by atoms with E-state index in [1.54, 1.807) is 4.90 Å². The molecule has 0 spiro atoms. The average Bonchev–Trinajstić information content (AvgIpc) is 2.29. The first-order valence-corrected chi connectivity index (χ1v) is 7.06. The van der Waals surface area contributed by atoms with Crippen LogP contribution < -0.4 is 5.73 Å². The lowest BCUT2D eigenvalue weighted by Crippen LogP contribution is -2.63. The average molecular weight is 276 g/mol. The Morgan fingerprint density at radius 2 is 1.95 bits per heavy atom. The highest BCUT2D eigenvalue weighted by molar-refractivity contribution is 5.71. The van der Waals surface area contributed by atoms with E-state index < -0.39 is 11.1 Å². The molecule has 1 unspecified atom stereocenters. The molecule has 1 heterocycles. The zero-order chi connectivity index (χ0) is 15.0. The molecule has 0 aromatic heterocycles. The summed E-state index contributed by atoms with van der Waals surface area (Å²) in [5.74, 6) is 0. The number of amides is 1. The molecule has 1 aromatic carbocycles. The molecule has 2 rings (SSSR count). The number of hydrogen-bond acceptors (Lipinski definition) is 3. The van der Waals surface area contributed by atoms with Gasteiger partial charge in [-0.3, -0.25) is 4.90 Å². The lowest BCUT2D eigenvalue weighted by Gasteiger charge is -2.52. The third kappa shape index (κ3) is 2.66. The second kappa shape index (κ2) is 5.09. The van der Waals surface area contributed by atoms with Crippen LogP contribution in [0.5, 0.6) is 0 Å². The minimum absolute atomic E-state index is 0.283. The van der Waals surface area contributed by atoms with Crippen LogP contribution in [0, 0.1) is 6.92 Å². The fraction of sp³-hybridized carbons (Fsp3) is 0.562. The smallest absolute Gasteiger partial charge is 0.411 e. The second-order valence-corrected chi connectivity index (χ2v) is 6.48. The summed E-state index contributed by atoms with van der Waals surface area (Å²) in [6.07, 6.45) is 0.598. The van der Waals surface area contributed by atoms with Crippen molar-refractivity contribution in [3.63, 3.8) is 0 Å². The number of benzene rings is 1. The second-order valence-electron chi connectivity index (χ2n) is 6.48. The predicted molar refractivity (Wildman–Crippen MR) is 79.5 cm³/mol. The largest absolute Gasteiger partial charge is 0.444 e. The predicted octanol–water partition coefficient (Wildman–Crippen LogP) is 2.79. The van der Waals surface area contributed by atoms with Gasteiger partial charge in [0.15, 0.2) is 0 Å². The zero-order valence-corrected chi connectivity index (χ0v) is 12.8. The van der Waals surface area contributed by atoms with E-state index >= 15 is 0 Å². The number of ether oxygens (including phenoxy) is 1. The molecule has 0 bridgehead atoms. The third-order valence-electron chi connectivity index (χ3n) is 3.81. The third-order valence-corrected chi connectivity index (χ3v) is 3.81. The van der Waals surface area contributed by atoms with E-state index in [0.717, 1.165) is 12.0 Å². The maximum absolute atomic E-state index is 12.3. The van der Waals surface area contributed by atoms with Crippen molar-refractivity contribution in [1.29, 1.82) is 0 Å². The van der Waals surface area contributed by atoms with E-state index in [1.165, 1.54) is 5.56 Å². The Morgan fingerprint density at radius 3 is 2.35 bits per heavy atom. The minimum atomic E-state index is -0.486. The molecule has 1 atom stereocenters. The number of carbonyl (C=O) groups excluding carboxylic acids is 1. The van der Waals surface area contributed by atoms with Gasteiger partial charge in [-0.05, 0) is 39.7 Å². The lowest BCUT2D eigenvalue weighted by atomic mass is 9.78. The molecular weight excluding hydrogens is 252 g/mol. The molecule has 20 heavy (non-hydrogen) atoms. The Hall–Kier alpha value is -1.55. The Labute approximate surface area is 120 Å². The van der Waals surface area contributed by atoms with Gasteiger partial charge < -0.3 is 10.5 Å². The molecule has 1 aromatic rings.